The molecule has 0 saturated carbocycles. The third-order valence-electron chi connectivity index (χ3n) is 6.96. The zero-order valence-electron chi connectivity index (χ0n) is 20.2. The van der Waals surface area contributed by atoms with Crippen LogP contribution < -0.4 is 10.1 Å². The molecular weight excluding hydrogens is 491 g/mol. The fourth-order valence-electron chi connectivity index (χ4n) is 4.94. The standard InChI is InChI=1S/C26H28F3N3O5/c27-26(28,29)17-36-24(34)32-9-7-25(8-10-32)16-20-15-19(3-6-22(20)37-25)18-1-4-21(5-2-18)30-23(33)31-11-13-35-14-12-31/h1-6,15H,7-14,16-17H2,(H,30,33). The van der Waals surface area contributed by atoms with Crippen LogP contribution >= 0.6 is 0 Å². The van der Waals surface area contributed by atoms with E-state index >= 15 is 0 Å². The molecule has 0 aliphatic carbocycles. The second-order valence-corrected chi connectivity index (χ2v) is 9.55. The van der Waals surface area contributed by atoms with Crippen LogP contribution in [0.2, 0.25) is 0 Å². The summed E-state index contributed by atoms with van der Waals surface area (Å²) in [4.78, 5) is 27.4. The first-order chi connectivity index (χ1) is 17.7. The SMILES string of the molecule is O=C(Nc1ccc(-c2ccc3c(c2)CC2(CCN(C(=O)OCC(F)(F)F)CC2)O3)cc1)N1CCOCC1. The molecular formula is C26H28F3N3O5. The maximum Gasteiger partial charge on any atom is 0.422 e. The average Bonchev–Trinajstić information content (AvgIpc) is 3.25. The van der Waals surface area contributed by atoms with Gasteiger partial charge in [-0.15, -0.1) is 0 Å². The van der Waals surface area contributed by atoms with Gasteiger partial charge in [0, 0.05) is 51.1 Å². The quantitative estimate of drug-likeness (QED) is 0.637. The van der Waals surface area contributed by atoms with Crippen LogP contribution in [0.1, 0.15) is 18.4 Å². The van der Waals surface area contributed by atoms with Crippen LogP contribution in [0.25, 0.3) is 11.1 Å². The Bertz CT molecular complexity index is 1140. The highest BCUT2D eigenvalue weighted by molar-refractivity contribution is 5.89. The summed E-state index contributed by atoms with van der Waals surface area (Å²) in [6, 6.07) is 13.5. The first kappa shape index (κ1) is 25.2. The van der Waals surface area contributed by atoms with Crippen LogP contribution in [0.3, 0.4) is 0 Å². The number of carbonyl (C=O) groups is 2. The van der Waals surface area contributed by atoms with Crippen molar-refractivity contribution in [2.45, 2.75) is 31.0 Å². The Balaban J connectivity index is 1.18. The molecule has 0 unspecified atom stereocenters. The fourth-order valence-corrected chi connectivity index (χ4v) is 4.94. The molecule has 0 atom stereocenters. The lowest BCUT2D eigenvalue weighted by Crippen LogP contribution is -2.49. The van der Waals surface area contributed by atoms with Crippen molar-refractivity contribution in [1.82, 2.24) is 9.80 Å². The van der Waals surface area contributed by atoms with E-state index in [1.165, 1.54) is 4.90 Å². The first-order valence-electron chi connectivity index (χ1n) is 12.2. The summed E-state index contributed by atoms with van der Waals surface area (Å²) >= 11 is 0. The Kier molecular flexibility index (Phi) is 6.89. The molecule has 0 radical (unpaired) electrons. The topological polar surface area (TPSA) is 80.3 Å². The van der Waals surface area contributed by atoms with Gasteiger partial charge in [-0.3, -0.25) is 0 Å². The second kappa shape index (κ2) is 10.1. The van der Waals surface area contributed by atoms with Gasteiger partial charge in [-0.2, -0.15) is 13.2 Å². The van der Waals surface area contributed by atoms with Gasteiger partial charge in [-0.1, -0.05) is 18.2 Å². The van der Waals surface area contributed by atoms with Crippen molar-refractivity contribution in [3.8, 4) is 16.9 Å². The van der Waals surface area contributed by atoms with Crippen molar-refractivity contribution < 1.29 is 37.0 Å². The lowest BCUT2D eigenvalue weighted by atomic mass is 9.86. The maximum atomic E-state index is 12.4. The molecule has 3 aliphatic heterocycles. The van der Waals surface area contributed by atoms with E-state index in [9.17, 15) is 22.8 Å². The van der Waals surface area contributed by atoms with E-state index in [1.54, 1.807) is 4.90 Å². The Morgan fingerprint density at radius 2 is 1.62 bits per heavy atom. The molecule has 198 valence electrons. The van der Waals surface area contributed by atoms with Gasteiger partial charge >= 0.3 is 18.3 Å². The van der Waals surface area contributed by atoms with Crippen LogP contribution in [0.15, 0.2) is 42.5 Å². The number of carbonyl (C=O) groups excluding carboxylic acids is 2. The molecule has 2 fully saturated rings. The second-order valence-electron chi connectivity index (χ2n) is 9.55. The monoisotopic (exact) mass is 519 g/mol. The predicted octanol–water partition coefficient (Wildman–Crippen LogP) is 4.69. The van der Waals surface area contributed by atoms with E-state index in [1.807, 2.05) is 36.4 Å². The van der Waals surface area contributed by atoms with E-state index in [0.29, 0.717) is 51.3 Å². The number of nitrogens with one attached hydrogen (secondary N) is 1. The summed E-state index contributed by atoms with van der Waals surface area (Å²) in [7, 11) is 0. The van der Waals surface area contributed by atoms with Crippen molar-refractivity contribution in [3.63, 3.8) is 0 Å². The minimum Gasteiger partial charge on any atom is -0.487 e. The van der Waals surface area contributed by atoms with Crippen LogP contribution in [0.5, 0.6) is 5.75 Å². The van der Waals surface area contributed by atoms with Crippen LogP contribution in [-0.2, 0) is 15.9 Å². The van der Waals surface area contributed by atoms with E-state index in [2.05, 4.69) is 16.1 Å². The van der Waals surface area contributed by atoms with Gasteiger partial charge in [-0.25, -0.2) is 9.59 Å². The zero-order chi connectivity index (χ0) is 26.0. The molecule has 37 heavy (non-hydrogen) atoms. The fraction of sp³-hybridized carbons (Fsp3) is 0.462. The number of hydrogen-bond acceptors (Lipinski definition) is 5. The Hall–Kier alpha value is -3.47. The molecule has 3 aliphatic rings. The lowest BCUT2D eigenvalue weighted by molar-refractivity contribution is -0.163. The van der Waals surface area contributed by atoms with Crippen molar-refractivity contribution in [1.29, 1.82) is 0 Å². The van der Waals surface area contributed by atoms with Gasteiger partial charge in [0.25, 0.3) is 0 Å². The minimum absolute atomic E-state index is 0.143. The molecule has 0 aromatic heterocycles. The minimum atomic E-state index is -4.54. The molecule has 11 heteroatoms. The molecule has 8 nitrogen and oxygen atoms in total. The van der Waals surface area contributed by atoms with Crippen molar-refractivity contribution in [2.24, 2.45) is 0 Å². The number of fused-ring (bicyclic) bond motifs is 1. The molecule has 0 bridgehead atoms. The smallest absolute Gasteiger partial charge is 0.422 e. The number of rotatable bonds is 3. The molecule has 2 aromatic rings. The average molecular weight is 520 g/mol. The van der Waals surface area contributed by atoms with Gasteiger partial charge in [0.2, 0.25) is 0 Å². The van der Waals surface area contributed by atoms with E-state index in [-0.39, 0.29) is 19.1 Å². The highest BCUT2D eigenvalue weighted by atomic mass is 19.4. The van der Waals surface area contributed by atoms with Crippen LogP contribution in [0.4, 0.5) is 28.4 Å². The summed E-state index contributed by atoms with van der Waals surface area (Å²) in [5.41, 5.74) is 3.29. The molecule has 2 aromatic carbocycles. The Morgan fingerprint density at radius 3 is 2.30 bits per heavy atom. The third-order valence-corrected chi connectivity index (χ3v) is 6.96. The van der Waals surface area contributed by atoms with E-state index in [0.717, 1.165) is 22.4 Å². The molecule has 5 rings (SSSR count). The van der Waals surface area contributed by atoms with Crippen molar-refractivity contribution >= 4 is 17.8 Å². The number of hydrogen-bond donors (Lipinski definition) is 1. The molecule has 3 amide bonds. The van der Waals surface area contributed by atoms with Gasteiger partial charge in [-0.05, 0) is 41.0 Å². The number of anilines is 1. The predicted molar refractivity (Wildman–Crippen MR) is 129 cm³/mol. The van der Waals surface area contributed by atoms with Gasteiger partial charge in [0.15, 0.2) is 6.61 Å². The Labute approximate surface area is 212 Å². The largest absolute Gasteiger partial charge is 0.487 e. The van der Waals surface area contributed by atoms with Gasteiger partial charge in [0.05, 0.1) is 13.2 Å². The van der Waals surface area contributed by atoms with Crippen LogP contribution in [-0.4, -0.2) is 79.7 Å². The number of ether oxygens (including phenoxy) is 3. The van der Waals surface area contributed by atoms with Crippen molar-refractivity contribution in [2.75, 3.05) is 51.3 Å². The van der Waals surface area contributed by atoms with Crippen LogP contribution in [0, 0.1) is 0 Å². The number of halogens is 3. The molecule has 1 N–H and O–H groups in total. The maximum absolute atomic E-state index is 12.4. The van der Waals surface area contributed by atoms with E-state index in [4.69, 9.17) is 9.47 Å². The van der Waals surface area contributed by atoms with Crippen molar-refractivity contribution in [3.05, 3.63) is 48.0 Å². The summed E-state index contributed by atoms with van der Waals surface area (Å²) < 4.78 is 52.9. The Morgan fingerprint density at radius 1 is 0.946 bits per heavy atom. The van der Waals surface area contributed by atoms with Gasteiger partial charge < -0.3 is 29.3 Å². The third kappa shape index (κ3) is 5.93. The highest BCUT2D eigenvalue weighted by Crippen LogP contribution is 2.42. The van der Waals surface area contributed by atoms with Gasteiger partial charge in [0.1, 0.15) is 11.4 Å². The van der Waals surface area contributed by atoms with E-state index < -0.39 is 24.5 Å². The summed E-state index contributed by atoms with van der Waals surface area (Å²) in [5.74, 6) is 0.784. The number of amides is 3. The summed E-state index contributed by atoms with van der Waals surface area (Å²) in [6.07, 6.45) is -3.81. The number of alkyl halides is 3. The first-order valence-corrected chi connectivity index (χ1v) is 12.2. The summed E-state index contributed by atoms with van der Waals surface area (Å²) in [5, 5.41) is 2.92. The number of benzene rings is 2. The summed E-state index contributed by atoms with van der Waals surface area (Å²) in [6.45, 7) is 1.19. The molecule has 1 spiro atoms. The molecule has 2 saturated heterocycles. The zero-order valence-corrected chi connectivity index (χ0v) is 20.2. The lowest BCUT2D eigenvalue weighted by Gasteiger charge is -2.38. The number of urea groups is 1. The number of morpholine rings is 1. The molecule has 3 heterocycles. The number of piperidine rings is 1. The normalized spacial score (nSPS) is 18.8. The number of nitrogens with zero attached hydrogens (tertiary/aromatic N) is 2. The highest BCUT2D eigenvalue weighted by Gasteiger charge is 2.43. The number of likely N-dealkylation sites (tertiary alicyclic amines) is 1.